The molecule has 1 aromatic rings. The minimum Gasteiger partial charge on any atom is -0.481 e. The van der Waals surface area contributed by atoms with Gasteiger partial charge in [0.05, 0.1) is 6.42 Å². The van der Waals surface area contributed by atoms with Crippen LogP contribution in [0.15, 0.2) is 24.3 Å². The summed E-state index contributed by atoms with van der Waals surface area (Å²) < 4.78 is 0. The Morgan fingerprint density at radius 1 is 1.14 bits per heavy atom. The number of urea groups is 1. The topological polar surface area (TPSA) is 78.4 Å². The van der Waals surface area contributed by atoms with Crippen LogP contribution in [-0.4, -0.2) is 23.1 Å². The third-order valence-corrected chi connectivity index (χ3v) is 3.35. The lowest BCUT2D eigenvalue weighted by atomic mass is 10.0. The standard InChI is InChI=1S/C16H24N2O3/c1-10(2)12-7-5-6-8-13(12)17-16(21)18-14(11(3)4)9-15(19)20/h5-8,10-11,14H,9H2,1-4H3,(H,19,20)(H2,17,18,21). The number of anilines is 1. The quantitative estimate of drug-likeness (QED) is 0.751. The summed E-state index contributed by atoms with van der Waals surface area (Å²) in [5.41, 5.74) is 1.80. The fourth-order valence-electron chi connectivity index (χ4n) is 2.08. The molecule has 0 spiro atoms. The molecule has 0 radical (unpaired) electrons. The molecule has 116 valence electrons. The smallest absolute Gasteiger partial charge is 0.319 e. The zero-order valence-corrected chi connectivity index (χ0v) is 13.0. The van der Waals surface area contributed by atoms with Gasteiger partial charge in [0.15, 0.2) is 0 Å². The minimum absolute atomic E-state index is 0.0483. The maximum Gasteiger partial charge on any atom is 0.319 e. The average molecular weight is 292 g/mol. The first-order valence-electron chi connectivity index (χ1n) is 7.19. The lowest BCUT2D eigenvalue weighted by Crippen LogP contribution is -2.42. The molecule has 0 saturated carbocycles. The van der Waals surface area contributed by atoms with Gasteiger partial charge in [-0.25, -0.2) is 4.79 Å². The first-order valence-corrected chi connectivity index (χ1v) is 7.19. The van der Waals surface area contributed by atoms with Gasteiger partial charge in [-0.15, -0.1) is 0 Å². The molecule has 1 atom stereocenters. The Hall–Kier alpha value is -2.04. The summed E-state index contributed by atoms with van der Waals surface area (Å²) in [5.74, 6) is -0.579. The van der Waals surface area contributed by atoms with Gasteiger partial charge in [-0.05, 0) is 23.5 Å². The van der Waals surface area contributed by atoms with E-state index in [0.717, 1.165) is 11.3 Å². The van der Waals surface area contributed by atoms with Crippen molar-refractivity contribution in [2.45, 2.75) is 46.1 Å². The number of carboxylic acids is 1. The predicted molar refractivity (Wildman–Crippen MR) is 83.6 cm³/mol. The van der Waals surface area contributed by atoms with Gasteiger partial charge in [-0.1, -0.05) is 45.9 Å². The number of carbonyl (C=O) groups excluding carboxylic acids is 1. The van der Waals surface area contributed by atoms with Gasteiger partial charge in [0.25, 0.3) is 0 Å². The lowest BCUT2D eigenvalue weighted by Gasteiger charge is -2.21. The Balaban J connectivity index is 2.75. The van der Waals surface area contributed by atoms with Crippen molar-refractivity contribution in [3.8, 4) is 0 Å². The van der Waals surface area contributed by atoms with E-state index in [9.17, 15) is 9.59 Å². The zero-order chi connectivity index (χ0) is 16.0. The second-order valence-electron chi connectivity index (χ2n) is 5.79. The van der Waals surface area contributed by atoms with E-state index in [-0.39, 0.29) is 18.4 Å². The number of hydrogen-bond acceptors (Lipinski definition) is 2. The number of nitrogens with one attached hydrogen (secondary N) is 2. The summed E-state index contributed by atoms with van der Waals surface area (Å²) in [5, 5.41) is 14.4. The highest BCUT2D eigenvalue weighted by atomic mass is 16.4. The Morgan fingerprint density at radius 3 is 2.29 bits per heavy atom. The van der Waals surface area contributed by atoms with Crippen molar-refractivity contribution in [1.29, 1.82) is 0 Å². The van der Waals surface area contributed by atoms with Gasteiger partial charge >= 0.3 is 12.0 Å². The summed E-state index contributed by atoms with van der Waals surface area (Å²) in [6.45, 7) is 7.88. The van der Waals surface area contributed by atoms with Crippen LogP contribution in [0.1, 0.15) is 45.6 Å². The SMILES string of the molecule is CC(C)c1ccccc1NC(=O)NC(CC(=O)O)C(C)C. The largest absolute Gasteiger partial charge is 0.481 e. The number of carbonyl (C=O) groups is 2. The third kappa shape index (κ3) is 5.45. The van der Waals surface area contributed by atoms with Crippen LogP contribution in [0.4, 0.5) is 10.5 Å². The van der Waals surface area contributed by atoms with Gasteiger partial charge < -0.3 is 15.7 Å². The highest BCUT2D eigenvalue weighted by Gasteiger charge is 2.20. The molecule has 0 aliphatic heterocycles. The van der Waals surface area contributed by atoms with E-state index in [1.54, 1.807) is 0 Å². The van der Waals surface area contributed by atoms with Crippen LogP contribution in [0, 0.1) is 5.92 Å². The van der Waals surface area contributed by atoms with E-state index in [1.807, 2.05) is 38.1 Å². The molecule has 21 heavy (non-hydrogen) atoms. The zero-order valence-electron chi connectivity index (χ0n) is 13.0. The van der Waals surface area contributed by atoms with E-state index in [2.05, 4.69) is 24.5 Å². The second kappa shape index (κ2) is 7.67. The molecule has 0 saturated heterocycles. The number of rotatable bonds is 6. The molecule has 0 aliphatic carbocycles. The van der Waals surface area contributed by atoms with Crippen molar-refractivity contribution in [1.82, 2.24) is 5.32 Å². The van der Waals surface area contributed by atoms with Crippen LogP contribution < -0.4 is 10.6 Å². The van der Waals surface area contributed by atoms with Gasteiger partial charge in [-0.3, -0.25) is 4.79 Å². The normalized spacial score (nSPS) is 12.3. The summed E-state index contributed by atoms with van der Waals surface area (Å²) in [6.07, 6.45) is -0.0864. The van der Waals surface area contributed by atoms with Crippen LogP contribution in [0.2, 0.25) is 0 Å². The maximum absolute atomic E-state index is 12.1. The van der Waals surface area contributed by atoms with E-state index >= 15 is 0 Å². The maximum atomic E-state index is 12.1. The number of carboxylic acid groups (broad SMARTS) is 1. The van der Waals surface area contributed by atoms with Crippen LogP contribution in [0.3, 0.4) is 0 Å². The Bertz CT molecular complexity index is 498. The number of benzene rings is 1. The molecular weight excluding hydrogens is 268 g/mol. The predicted octanol–water partition coefficient (Wildman–Crippen LogP) is 3.43. The van der Waals surface area contributed by atoms with Crippen LogP contribution >= 0.6 is 0 Å². The Kier molecular flexibility index (Phi) is 6.21. The number of hydrogen-bond donors (Lipinski definition) is 3. The van der Waals surface area contributed by atoms with Crippen molar-refractivity contribution < 1.29 is 14.7 Å². The Labute approximate surface area is 125 Å². The highest BCUT2D eigenvalue weighted by Crippen LogP contribution is 2.23. The Morgan fingerprint density at radius 2 is 1.76 bits per heavy atom. The molecule has 0 aliphatic rings. The number of amides is 2. The monoisotopic (exact) mass is 292 g/mol. The van der Waals surface area contributed by atoms with Crippen molar-refractivity contribution >= 4 is 17.7 Å². The molecule has 0 aromatic heterocycles. The first kappa shape index (κ1) is 17.0. The van der Waals surface area contributed by atoms with Gasteiger partial charge in [0.2, 0.25) is 0 Å². The van der Waals surface area contributed by atoms with Crippen molar-refractivity contribution in [2.75, 3.05) is 5.32 Å². The van der Waals surface area contributed by atoms with Crippen molar-refractivity contribution in [3.63, 3.8) is 0 Å². The van der Waals surface area contributed by atoms with Crippen molar-refractivity contribution in [3.05, 3.63) is 29.8 Å². The third-order valence-electron chi connectivity index (χ3n) is 3.35. The molecule has 1 rings (SSSR count). The molecule has 2 amide bonds. The molecule has 0 fully saturated rings. The van der Waals surface area contributed by atoms with Crippen molar-refractivity contribution in [2.24, 2.45) is 5.92 Å². The van der Waals surface area contributed by atoms with E-state index in [0.29, 0.717) is 5.92 Å². The van der Waals surface area contributed by atoms with E-state index in [4.69, 9.17) is 5.11 Å². The van der Waals surface area contributed by atoms with Crippen LogP contribution in [0.25, 0.3) is 0 Å². The fourth-order valence-corrected chi connectivity index (χ4v) is 2.08. The number of aliphatic carboxylic acids is 1. The molecule has 5 heteroatoms. The second-order valence-corrected chi connectivity index (χ2v) is 5.79. The first-order chi connectivity index (χ1) is 9.81. The summed E-state index contributed by atoms with van der Waals surface area (Å²) >= 11 is 0. The van der Waals surface area contributed by atoms with Gasteiger partial charge in [0, 0.05) is 11.7 Å². The van der Waals surface area contributed by atoms with Gasteiger partial charge in [-0.2, -0.15) is 0 Å². The molecule has 0 heterocycles. The molecule has 3 N–H and O–H groups in total. The molecule has 1 aromatic carbocycles. The molecule has 0 bridgehead atoms. The van der Waals surface area contributed by atoms with Gasteiger partial charge in [0.1, 0.15) is 0 Å². The molecule has 5 nitrogen and oxygen atoms in total. The highest BCUT2D eigenvalue weighted by molar-refractivity contribution is 5.90. The number of para-hydroxylation sites is 1. The average Bonchev–Trinajstić information content (AvgIpc) is 2.37. The fraction of sp³-hybridized carbons (Fsp3) is 0.500. The van der Waals surface area contributed by atoms with E-state index < -0.39 is 12.0 Å². The molecular formula is C16H24N2O3. The lowest BCUT2D eigenvalue weighted by molar-refractivity contribution is -0.137. The molecule has 1 unspecified atom stereocenters. The minimum atomic E-state index is -0.920. The van der Waals surface area contributed by atoms with E-state index in [1.165, 1.54) is 0 Å². The summed E-state index contributed by atoms with van der Waals surface area (Å²) in [7, 11) is 0. The van der Waals surface area contributed by atoms with Crippen LogP contribution in [0.5, 0.6) is 0 Å². The van der Waals surface area contributed by atoms with Crippen LogP contribution in [-0.2, 0) is 4.79 Å². The summed E-state index contributed by atoms with van der Waals surface area (Å²) in [4.78, 5) is 22.9. The summed E-state index contributed by atoms with van der Waals surface area (Å²) in [6, 6.07) is 6.84.